The molecule has 0 aromatic heterocycles. The van der Waals surface area contributed by atoms with Crippen LogP contribution in [0.2, 0.25) is 0 Å². The number of nitrogen functional groups attached to an aromatic ring is 1. The highest BCUT2D eigenvalue weighted by Gasteiger charge is 2.16. The molecule has 110 valence electrons. The van der Waals surface area contributed by atoms with Crippen LogP contribution in [0, 0.1) is 6.92 Å². The average molecular weight is 278 g/mol. The lowest BCUT2D eigenvalue weighted by atomic mass is 10.1. The summed E-state index contributed by atoms with van der Waals surface area (Å²) in [6.07, 6.45) is 0. The highest BCUT2D eigenvalue weighted by Crippen LogP contribution is 2.20. The molecule has 0 aliphatic rings. The van der Waals surface area contributed by atoms with E-state index in [2.05, 4.69) is 5.32 Å². The summed E-state index contributed by atoms with van der Waals surface area (Å²) in [5.41, 5.74) is 13.1. The number of carbonyl (C=O) groups excluding carboxylic acids is 2. The largest absolute Gasteiger partial charge is 0.398 e. The molecular formula is C14H22N4O2. The molecule has 20 heavy (non-hydrogen) atoms. The van der Waals surface area contributed by atoms with E-state index in [1.165, 1.54) is 0 Å². The molecule has 1 aromatic carbocycles. The van der Waals surface area contributed by atoms with E-state index in [1.54, 1.807) is 23.1 Å². The van der Waals surface area contributed by atoms with Crippen LogP contribution in [0.15, 0.2) is 18.2 Å². The molecule has 0 fully saturated rings. The number of nitrogens with two attached hydrogens (primary N) is 2. The molecule has 6 nitrogen and oxygen atoms in total. The first-order valence-electron chi connectivity index (χ1n) is 6.48. The monoisotopic (exact) mass is 278 g/mol. The van der Waals surface area contributed by atoms with Crippen LogP contribution in [0.3, 0.4) is 0 Å². The van der Waals surface area contributed by atoms with Gasteiger partial charge in [-0.3, -0.25) is 14.5 Å². The minimum Gasteiger partial charge on any atom is -0.398 e. The molecule has 0 aliphatic carbocycles. The Morgan fingerprint density at radius 3 is 2.50 bits per heavy atom. The third-order valence-corrected chi connectivity index (χ3v) is 3.09. The van der Waals surface area contributed by atoms with Gasteiger partial charge in [-0.25, -0.2) is 0 Å². The molecule has 0 spiro atoms. The van der Waals surface area contributed by atoms with Gasteiger partial charge in [0.05, 0.1) is 13.1 Å². The van der Waals surface area contributed by atoms with Crippen LogP contribution in [0.5, 0.6) is 0 Å². The molecule has 0 saturated heterocycles. The molecule has 6 heteroatoms. The highest BCUT2D eigenvalue weighted by atomic mass is 16.2. The first-order valence-corrected chi connectivity index (χ1v) is 6.48. The van der Waals surface area contributed by atoms with Crippen molar-refractivity contribution in [1.29, 1.82) is 0 Å². The Kier molecular flexibility index (Phi) is 5.52. The zero-order valence-corrected chi connectivity index (χ0v) is 12.1. The van der Waals surface area contributed by atoms with Crippen LogP contribution in [-0.4, -0.2) is 35.8 Å². The molecule has 0 radical (unpaired) electrons. The molecule has 0 atom stereocenters. The van der Waals surface area contributed by atoms with Gasteiger partial charge in [0.1, 0.15) is 0 Å². The van der Waals surface area contributed by atoms with E-state index in [0.29, 0.717) is 11.4 Å². The normalized spacial score (nSPS) is 10.8. The topological polar surface area (TPSA) is 101 Å². The molecule has 0 unspecified atom stereocenters. The predicted octanol–water partition coefficient (Wildman–Crippen LogP) is 0.711. The van der Waals surface area contributed by atoms with Crippen LogP contribution < -0.4 is 16.8 Å². The predicted molar refractivity (Wildman–Crippen MR) is 80.1 cm³/mol. The van der Waals surface area contributed by atoms with Gasteiger partial charge in [0.25, 0.3) is 0 Å². The summed E-state index contributed by atoms with van der Waals surface area (Å²) in [5.74, 6) is -0.653. The Bertz CT molecular complexity index is 500. The summed E-state index contributed by atoms with van der Waals surface area (Å²) in [6, 6.07) is 5.40. The summed E-state index contributed by atoms with van der Waals surface area (Å²) in [6.45, 7) is 5.81. The summed E-state index contributed by atoms with van der Waals surface area (Å²) in [4.78, 5) is 24.7. The van der Waals surface area contributed by atoms with E-state index in [9.17, 15) is 9.59 Å². The summed E-state index contributed by atoms with van der Waals surface area (Å²) < 4.78 is 0. The SMILES string of the molecule is Cc1c(N)cccc1NC(=O)CN(CC(N)=O)C(C)C. The zero-order chi connectivity index (χ0) is 15.3. The minimum absolute atomic E-state index is 0.0511. The Morgan fingerprint density at radius 2 is 1.95 bits per heavy atom. The molecule has 5 N–H and O–H groups in total. The van der Waals surface area contributed by atoms with Gasteiger partial charge in [-0.15, -0.1) is 0 Å². The first-order chi connectivity index (χ1) is 9.31. The van der Waals surface area contributed by atoms with Gasteiger partial charge >= 0.3 is 0 Å². The summed E-state index contributed by atoms with van der Waals surface area (Å²) in [5, 5.41) is 2.80. The first kappa shape index (κ1) is 16.0. The van der Waals surface area contributed by atoms with E-state index in [4.69, 9.17) is 11.5 Å². The fourth-order valence-electron chi connectivity index (χ4n) is 1.78. The van der Waals surface area contributed by atoms with Crippen molar-refractivity contribution >= 4 is 23.2 Å². The van der Waals surface area contributed by atoms with Crippen LogP contribution in [0.1, 0.15) is 19.4 Å². The number of rotatable bonds is 6. The van der Waals surface area contributed by atoms with Gasteiger partial charge in [0.2, 0.25) is 11.8 Å². The summed E-state index contributed by atoms with van der Waals surface area (Å²) >= 11 is 0. The third-order valence-electron chi connectivity index (χ3n) is 3.09. The molecule has 2 amide bonds. The van der Waals surface area contributed by atoms with Crippen molar-refractivity contribution in [3.05, 3.63) is 23.8 Å². The van der Waals surface area contributed by atoms with Crippen LogP contribution in [-0.2, 0) is 9.59 Å². The number of benzene rings is 1. The summed E-state index contributed by atoms with van der Waals surface area (Å²) in [7, 11) is 0. The number of nitrogens with zero attached hydrogens (tertiary/aromatic N) is 1. The molecule has 0 saturated carbocycles. The number of hydrogen-bond acceptors (Lipinski definition) is 4. The lowest BCUT2D eigenvalue weighted by molar-refractivity contribution is -0.121. The van der Waals surface area contributed by atoms with E-state index in [-0.39, 0.29) is 25.0 Å². The highest BCUT2D eigenvalue weighted by molar-refractivity contribution is 5.94. The van der Waals surface area contributed by atoms with Crippen molar-refractivity contribution < 1.29 is 9.59 Å². The van der Waals surface area contributed by atoms with E-state index >= 15 is 0 Å². The van der Waals surface area contributed by atoms with E-state index in [1.807, 2.05) is 20.8 Å². The van der Waals surface area contributed by atoms with Crippen LogP contribution >= 0.6 is 0 Å². The van der Waals surface area contributed by atoms with Gasteiger partial charge < -0.3 is 16.8 Å². The number of nitrogens with one attached hydrogen (secondary N) is 1. The minimum atomic E-state index is -0.452. The van der Waals surface area contributed by atoms with E-state index in [0.717, 1.165) is 5.56 Å². The molecular weight excluding hydrogens is 256 g/mol. The maximum atomic E-state index is 12.0. The molecule has 1 rings (SSSR count). The second kappa shape index (κ2) is 6.91. The van der Waals surface area contributed by atoms with Gasteiger partial charge in [0, 0.05) is 17.4 Å². The smallest absolute Gasteiger partial charge is 0.238 e. The van der Waals surface area contributed by atoms with Crippen LogP contribution in [0.4, 0.5) is 11.4 Å². The van der Waals surface area contributed by atoms with Gasteiger partial charge in [-0.05, 0) is 38.5 Å². The lowest BCUT2D eigenvalue weighted by Gasteiger charge is -2.24. The maximum Gasteiger partial charge on any atom is 0.238 e. The fraction of sp³-hybridized carbons (Fsp3) is 0.429. The average Bonchev–Trinajstić information content (AvgIpc) is 2.33. The van der Waals surface area contributed by atoms with E-state index < -0.39 is 5.91 Å². The molecule has 0 aliphatic heterocycles. The lowest BCUT2D eigenvalue weighted by Crippen LogP contribution is -2.43. The second-order valence-corrected chi connectivity index (χ2v) is 5.03. The van der Waals surface area contributed by atoms with Crippen molar-refractivity contribution in [1.82, 2.24) is 4.90 Å². The number of primary amides is 1. The van der Waals surface area contributed by atoms with Crippen molar-refractivity contribution in [2.75, 3.05) is 24.1 Å². The second-order valence-electron chi connectivity index (χ2n) is 5.03. The van der Waals surface area contributed by atoms with Gasteiger partial charge in [-0.2, -0.15) is 0 Å². The van der Waals surface area contributed by atoms with Crippen molar-refractivity contribution in [3.8, 4) is 0 Å². The molecule has 0 heterocycles. The zero-order valence-electron chi connectivity index (χ0n) is 12.1. The third kappa shape index (κ3) is 4.55. The number of carbonyl (C=O) groups is 2. The van der Waals surface area contributed by atoms with Crippen LogP contribution in [0.25, 0.3) is 0 Å². The standard InChI is InChI=1S/C14H22N4O2/c1-9(2)18(7-13(16)19)8-14(20)17-12-6-4-5-11(15)10(12)3/h4-6,9H,7-8,15H2,1-3H3,(H2,16,19)(H,17,20). The Hall–Kier alpha value is -2.08. The quantitative estimate of drug-likeness (QED) is 0.667. The van der Waals surface area contributed by atoms with Crippen molar-refractivity contribution in [2.24, 2.45) is 5.73 Å². The Balaban J connectivity index is 2.70. The van der Waals surface area contributed by atoms with Crippen molar-refractivity contribution in [2.45, 2.75) is 26.8 Å². The number of hydrogen-bond donors (Lipinski definition) is 3. The fourth-order valence-corrected chi connectivity index (χ4v) is 1.78. The molecule has 1 aromatic rings. The number of amides is 2. The van der Waals surface area contributed by atoms with Crippen molar-refractivity contribution in [3.63, 3.8) is 0 Å². The molecule has 0 bridgehead atoms. The van der Waals surface area contributed by atoms with Gasteiger partial charge in [0.15, 0.2) is 0 Å². The Morgan fingerprint density at radius 1 is 1.30 bits per heavy atom. The Labute approximate surface area is 119 Å². The van der Waals surface area contributed by atoms with Gasteiger partial charge in [-0.1, -0.05) is 6.07 Å². The number of anilines is 2. The maximum absolute atomic E-state index is 12.0.